The van der Waals surface area contributed by atoms with E-state index < -0.39 is 15.1 Å². The average molecular weight is 400 g/mol. The van der Waals surface area contributed by atoms with E-state index in [2.05, 4.69) is 0 Å². The number of hydrogen-bond acceptors (Lipinski definition) is 6. The normalized spacial score (nSPS) is 14.8. The summed E-state index contributed by atoms with van der Waals surface area (Å²) >= 11 is 0. The van der Waals surface area contributed by atoms with E-state index >= 15 is 0 Å². The Hall–Kier alpha value is -1.96. The molecule has 1 aromatic carbocycles. The van der Waals surface area contributed by atoms with Crippen molar-refractivity contribution in [3.63, 3.8) is 0 Å². The van der Waals surface area contributed by atoms with Crippen molar-refractivity contribution in [1.82, 2.24) is 4.90 Å². The van der Waals surface area contributed by atoms with Crippen LogP contribution in [0.2, 0.25) is 0 Å². The standard InChI is InChI=1S/C19H29NO6S/c1-13(2)12-27(22,23)15-10-20(11-15)17(21)9-7-14-6-8-16(24-3)19(26-5)18(14)25-4/h6,8,13,15H,7,9-12H2,1-5H3. The highest BCUT2D eigenvalue weighted by Crippen LogP contribution is 2.40. The van der Waals surface area contributed by atoms with Crippen molar-refractivity contribution < 1.29 is 27.4 Å². The van der Waals surface area contributed by atoms with E-state index in [1.54, 1.807) is 25.2 Å². The number of carbonyl (C=O) groups is 1. The van der Waals surface area contributed by atoms with Gasteiger partial charge < -0.3 is 19.1 Å². The van der Waals surface area contributed by atoms with Gasteiger partial charge in [-0.15, -0.1) is 0 Å². The summed E-state index contributed by atoms with van der Waals surface area (Å²) in [6, 6.07) is 3.62. The second kappa shape index (κ2) is 8.82. The average Bonchev–Trinajstić information content (AvgIpc) is 2.55. The molecule has 0 atom stereocenters. The molecule has 7 nitrogen and oxygen atoms in total. The van der Waals surface area contributed by atoms with E-state index in [-0.39, 0.29) is 37.1 Å². The molecule has 0 aromatic heterocycles. The van der Waals surface area contributed by atoms with Crippen LogP contribution in [0, 0.1) is 5.92 Å². The van der Waals surface area contributed by atoms with Crippen molar-refractivity contribution >= 4 is 15.7 Å². The highest BCUT2D eigenvalue weighted by atomic mass is 32.2. The first-order chi connectivity index (χ1) is 12.7. The van der Waals surface area contributed by atoms with Gasteiger partial charge in [-0.1, -0.05) is 19.9 Å². The predicted octanol–water partition coefficient (Wildman–Crippen LogP) is 1.93. The van der Waals surface area contributed by atoms with Crippen molar-refractivity contribution in [2.75, 3.05) is 40.2 Å². The number of sulfone groups is 1. The Bertz CT molecular complexity index is 769. The second-order valence-electron chi connectivity index (χ2n) is 7.14. The molecule has 0 unspecified atom stereocenters. The largest absolute Gasteiger partial charge is 0.493 e. The van der Waals surface area contributed by atoms with Gasteiger partial charge in [0.15, 0.2) is 21.3 Å². The number of methoxy groups -OCH3 is 3. The zero-order chi connectivity index (χ0) is 20.2. The van der Waals surface area contributed by atoms with E-state index in [0.29, 0.717) is 23.7 Å². The van der Waals surface area contributed by atoms with Crippen LogP contribution in [0.5, 0.6) is 17.2 Å². The molecule has 1 heterocycles. The monoisotopic (exact) mass is 399 g/mol. The maximum absolute atomic E-state index is 12.4. The minimum atomic E-state index is -3.13. The fraction of sp³-hybridized carbons (Fsp3) is 0.632. The summed E-state index contributed by atoms with van der Waals surface area (Å²) < 4.78 is 40.5. The molecular weight excluding hydrogens is 370 g/mol. The van der Waals surface area contributed by atoms with E-state index in [1.165, 1.54) is 7.11 Å². The number of ether oxygens (including phenoxy) is 3. The molecule has 8 heteroatoms. The smallest absolute Gasteiger partial charge is 0.222 e. The van der Waals surface area contributed by atoms with Crippen molar-refractivity contribution in [3.05, 3.63) is 17.7 Å². The predicted molar refractivity (Wildman–Crippen MR) is 103 cm³/mol. The molecule has 1 aliphatic rings. The Labute approximate surface area is 161 Å². The quantitative estimate of drug-likeness (QED) is 0.631. The number of benzene rings is 1. The molecule has 0 spiro atoms. The molecule has 0 saturated carbocycles. The molecule has 152 valence electrons. The molecule has 0 bridgehead atoms. The van der Waals surface area contributed by atoms with Crippen LogP contribution >= 0.6 is 0 Å². The molecule has 0 radical (unpaired) electrons. The third-order valence-corrected chi connectivity index (χ3v) is 7.11. The number of carbonyl (C=O) groups excluding carboxylic acids is 1. The van der Waals surface area contributed by atoms with Crippen LogP contribution in [-0.4, -0.2) is 64.6 Å². The first kappa shape index (κ1) is 21.3. The third kappa shape index (κ3) is 4.86. The van der Waals surface area contributed by atoms with Gasteiger partial charge in [-0.25, -0.2) is 8.42 Å². The number of aryl methyl sites for hydroxylation is 1. The third-order valence-electron chi connectivity index (χ3n) is 4.67. The molecule has 1 aliphatic heterocycles. The Morgan fingerprint density at radius 3 is 2.26 bits per heavy atom. The van der Waals surface area contributed by atoms with Crippen LogP contribution in [0.25, 0.3) is 0 Å². The minimum Gasteiger partial charge on any atom is -0.493 e. The zero-order valence-corrected chi connectivity index (χ0v) is 17.5. The molecular formula is C19H29NO6S. The van der Waals surface area contributed by atoms with Gasteiger partial charge in [0.05, 0.1) is 32.3 Å². The van der Waals surface area contributed by atoms with Crippen molar-refractivity contribution in [3.8, 4) is 17.2 Å². The van der Waals surface area contributed by atoms with Crippen LogP contribution in [0.15, 0.2) is 12.1 Å². The number of nitrogens with zero attached hydrogens (tertiary/aromatic N) is 1. The lowest BCUT2D eigenvalue weighted by molar-refractivity contribution is -0.134. The van der Waals surface area contributed by atoms with E-state index in [1.807, 2.05) is 19.9 Å². The molecule has 1 amide bonds. The summed E-state index contributed by atoms with van der Waals surface area (Å²) in [5.74, 6) is 1.81. The van der Waals surface area contributed by atoms with Crippen molar-refractivity contribution in [2.24, 2.45) is 5.92 Å². The van der Waals surface area contributed by atoms with E-state index in [0.717, 1.165) is 5.56 Å². The molecule has 0 N–H and O–H groups in total. The summed E-state index contributed by atoms with van der Waals surface area (Å²) in [7, 11) is 1.50. The van der Waals surface area contributed by atoms with Crippen LogP contribution in [0.3, 0.4) is 0 Å². The van der Waals surface area contributed by atoms with Gasteiger partial charge in [0.1, 0.15) is 0 Å². The summed E-state index contributed by atoms with van der Waals surface area (Å²) in [6.45, 7) is 4.35. The molecule has 0 aliphatic carbocycles. The van der Waals surface area contributed by atoms with Gasteiger partial charge in [0.2, 0.25) is 11.7 Å². The van der Waals surface area contributed by atoms with Crippen LogP contribution in [0.1, 0.15) is 25.8 Å². The molecule has 27 heavy (non-hydrogen) atoms. The minimum absolute atomic E-state index is 0.0529. The van der Waals surface area contributed by atoms with Gasteiger partial charge in [-0.2, -0.15) is 0 Å². The van der Waals surface area contributed by atoms with Crippen LogP contribution < -0.4 is 14.2 Å². The SMILES string of the molecule is COc1ccc(CCC(=O)N2CC(S(=O)(=O)CC(C)C)C2)c(OC)c1OC. The van der Waals surface area contributed by atoms with Gasteiger partial charge >= 0.3 is 0 Å². The number of amides is 1. The summed E-state index contributed by atoms with van der Waals surface area (Å²) in [5, 5.41) is -0.431. The lowest BCUT2D eigenvalue weighted by Crippen LogP contribution is -2.57. The van der Waals surface area contributed by atoms with Crippen LogP contribution in [-0.2, 0) is 21.1 Å². The molecule has 1 fully saturated rings. The van der Waals surface area contributed by atoms with Crippen molar-refractivity contribution in [2.45, 2.75) is 31.9 Å². The Morgan fingerprint density at radius 2 is 1.74 bits per heavy atom. The van der Waals surface area contributed by atoms with Crippen LogP contribution in [0.4, 0.5) is 0 Å². The van der Waals surface area contributed by atoms with Gasteiger partial charge in [-0.05, 0) is 24.0 Å². The van der Waals surface area contributed by atoms with Gasteiger partial charge in [0, 0.05) is 19.5 Å². The fourth-order valence-corrected chi connectivity index (χ4v) is 5.24. The molecule has 1 aromatic rings. The van der Waals surface area contributed by atoms with Gasteiger partial charge in [0.25, 0.3) is 0 Å². The Balaban J connectivity index is 1.96. The summed E-state index contributed by atoms with van der Waals surface area (Å²) in [5.41, 5.74) is 0.841. The lowest BCUT2D eigenvalue weighted by atomic mass is 10.1. The first-order valence-corrected chi connectivity index (χ1v) is 10.7. The number of likely N-dealkylation sites (tertiary alicyclic amines) is 1. The maximum atomic E-state index is 12.4. The highest BCUT2D eigenvalue weighted by Gasteiger charge is 2.39. The Morgan fingerprint density at radius 1 is 1.11 bits per heavy atom. The summed E-state index contributed by atoms with van der Waals surface area (Å²) in [6.07, 6.45) is 0.755. The second-order valence-corrected chi connectivity index (χ2v) is 9.46. The highest BCUT2D eigenvalue weighted by molar-refractivity contribution is 7.92. The van der Waals surface area contributed by atoms with E-state index in [4.69, 9.17) is 14.2 Å². The van der Waals surface area contributed by atoms with Gasteiger partial charge in [-0.3, -0.25) is 4.79 Å². The summed E-state index contributed by atoms with van der Waals surface area (Å²) in [4.78, 5) is 14.0. The molecule has 1 saturated heterocycles. The maximum Gasteiger partial charge on any atom is 0.222 e. The lowest BCUT2D eigenvalue weighted by Gasteiger charge is -2.39. The fourth-order valence-electron chi connectivity index (χ4n) is 3.23. The zero-order valence-electron chi connectivity index (χ0n) is 16.6. The van der Waals surface area contributed by atoms with Crippen molar-refractivity contribution in [1.29, 1.82) is 0 Å². The Kier molecular flexibility index (Phi) is 6.97. The molecule has 2 rings (SSSR count). The van der Waals surface area contributed by atoms with E-state index in [9.17, 15) is 13.2 Å². The topological polar surface area (TPSA) is 82.1 Å². The number of rotatable bonds is 9. The number of hydrogen-bond donors (Lipinski definition) is 0. The first-order valence-electron chi connectivity index (χ1n) is 9.00.